The zero-order valence-corrected chi connectivity index (χ0v) is 33.0. The number of aromatic nitrogens is 6. The summed E-state index contributed by atoms with van der Waals surface area (Å²) in [5.41, 5.74) is -2.16. The molecule has 0 saturated carbocycles. The first kappa shape index (κ1) is 40.6. The summed E-state index contributed by atoms with van der Waals surface area (Å²) in [7, 11) is 0. The van der Waals surface area contributed by atoms with Gasteiger partial charge in [0.1, 0.15) is 18.5 Å². The average molecular weight is 861 g/mol. The fourth-order valence-electron chi connectivity index (χ4n) is 7.87. The lowest BCUT2D eigenvalue weighted by Gasteiger charge is -2.39. The highest BCUT2D eigenvalue weighted by Crippen LogP contribution is 2.48. The number of aryl methyl sites for hydroxylation is 1. The Balaban J connectivity index is 1.18. The highest BCUT2D eigenvalue weighted by molar-refractivity contribution is 6.33. The van der Waals surface area contributed by atoms with Crippen LogP contribution in [0.3, 0.4) is 0 Å². The second kappa shape index (κ2) is 15.4. The predicted octanol–water partition coefficient (Wildman–Crippen LogP) is 5.52. The van der Waals surface area contributed by atoms with Crippen LogP contribution < -0.4 is 10.9 Å². The van der Waals surface area contributed by atoms with Gasteiger partial charge in [-0.05, 0) is 56.5 Å². The number of amides is 2. The Labute approximate surface area is 342 Å². The first-order valence-electron chi connectivity index (χ1n) is 18.5. The fraction of sp³-hybridized carbons (Fsp3) is 0.395. The molecule has 21 heteroatoms. The molecule has 6 heterocycles. The van der Waals surface area contributed by atoms with Gasteiger partial charge in [0.25, 0.3) is 11.5 Å². The molecule has 3 aliphatic heterocycles. The number of likely N-dealkylation sites (tertiary alicyclic amines) is 1. The van der Waals surface area contributed by atoms with Crippen molar-refractivity contribution in [3.8, 4) is 17.1 Å². The summed E-state index contributed by atoms with van der Waals surface area (Å²) in [6.45, 7) is 5.56. The molecule has 2 amide bonds. The van der Waals surface area contributed by atoms with Gasteiger partial charge < -0.3 is 29.4 Å². The maximum absolute atomic E-state index is 16.1. The third-order valence-electron chi connectivity index (χ3n) is 10.9. The van der Waals surface area contributed by atoms with Crippen molar-refractivity contribution in [3.05, 3.63) is 96.6 Å². The van der Waals surface area contributed by atoms with Crippen molar-refractivity contribution in [1.29, 1.82) is 0 Å². The van der Waals surface area contributed by atoms with Crippen LogP contribution in [-0.4, -0.2) is 95.2 Å². The van der Waals surface area contributed by atoms with Gasteiger partial charge in [-0.3, -0.25) is 19.3 Å². The van der Waals surface area contributed by atoms with Crippen molar-refractivity contribution in [3.63, 3.8) is 0 Å². The Morgan fingerprint density at radius 2 is 1.80 bits per heavy atom. The van der Waals surface area contributed by atoms with E-state index in [1.165, 1.54) is 28.8 Å². The van der Waals surface area contributed by atoms with E-state index in [0.29, 0.717) is 44.5 Å². The number of nitrogens with zero attached hydrogens (tertiary/aromatic N) is 8. The highest BCUT2D eigenvalue weighted by atomic mass is 35.5. The smallest absolute Gasteiger partial charge is 0.416 e. The van der Waals surface area contributed by atoms with Crippen LogP contribution in [0.2, 0.25) is 10.0 Å². The van der Waals surface area contributed by atoms with Crippen molar-refractivity contribution in [1.82, 2.24) is 38.9 Å². The van der Waals surface area contributed by atoms with Crippen LogP contribution in [0, 0.1) is 12.7 Å². The summed E-state index contributed by atoms with van der Waals surface area (Å²) >= 11 is 12.7. The Morgan fingerprint density at radius 1 is 1.07 bits per heavy atom. The normalized spacial score (nSPS) is 18.1. The van der Waals surface area contributed by atoms with Crippen LogP contribution in [0.4, 0.5) is 23.2 Å². The van der Waals surface area contributed by atoms with Crippen LogP contribution >= 0.6 is 23.2 Å². The van der Waals surface area contributed by atoms with E-state index in [0.717, 1.165) is 16.6 Å². The second-order valence-corrected chi connectivity index (χ2v) is 15.3. The van der Waals surface area contributed by atoms with Gasteiger partial charge in [0.05, 0.1) is 63.1 Å². The zero-order chi connectivity index (χ0) is 42.0. The number of piperidine rings is 1. The van der Waals surface area contributed by atoms with Gasteiger partial charge >= 0.3 is 6.18 Å². The maximum atomic E-state index is 16.1. The topological polar surface area (TPSA) is 169 Å². The van der Waals surface area contributed by atoms with E-state index in [2.05, 4.69) is 30.3 Å². The lowest BCUT2D eigenvalue weighted by Crippen LogP contribution is -2.47. The van der Waals surface area contributed by atoms with Gasteiger partial charge in [0.2, 0.25) is 11.7 Å². The van der Waals surface area contributed by atoms with Crippen molar-refractivity contribution in [2.75, 3.05) is 44.7 Å². The molecule has 5 aromatic rings. The second-order valence-electron chi connectivity index (χ2n) is 14.5. The van der Waals surface area contributed by atoms with Crippen LogP contribution in [0.25, 0.3) is 17.2 Å². The molecular weight excluding hydrogens is 825 g/mol. The molecular formula is C38H35Cl2F4N9O6. The Bertz CT molecular complexity index is 2570. The summed E-state index contributed by atoms with van der Waals surface area (Å²) in [6.07, 6.45) is -4.09. The predicted molar refractivity (Wildman–Crippen MR) is 204 cm³/mol. The summed E-state index contributed by atoms with van der Waals surface area (Å²) in [5, 5.41) is 16.9. The van der Waals surface area contributed by atoms with E-state index in [1.54, 1.807) is 13.0 Å². The van der Waals surface area contributed by atoms with Gasteiger partial charge in [0, 0.05) is 32.7 Å². The number of anilines is 1. The molecule has 1 unspecified atom stereocenters. The minimum atomic E-state index is -4.67. The minimum absolute atomic E-state index is 0.0843. The summed E-state index contributed by atoms with van der Waals surface area (Å²) < 4.78 is 70.4. The van der Waals surface area contributed by atoms with Gasteiger partial charge in [-0.2, -0.15) is 22.7 Å². The first-order chi connectivity index (χ1) is 28.1. The van der Waals surface area contributed by atoms with Crippen LogP contribution in [0.15, 0.2) is 41.5 Å². The van der Waals surface area contributed by atoms with Crippen LogP contribution in [0.1, 0.15) is 64.4 Å². The van der Waals surface area contributed by atoms with E-state index in [-0.39, 0.29) is 87.2 Å². The first-order valence-corrected chi connectivity index (χ1v) is 19.3. The molecule has 15 nitrogen and oxygen atoms in total. The number of fused-ring (bicyclic) bond motifs is 3. The number of halogens is 6. The molecule has 1 atom stereocenters. The van der Waals surface area contributed by atoms with Crippen LogP contribution in [-0.2, 0) is 39.1 Å². The van der Waals surface area contributed by atoms with E-state index < -0.39 is 53.2 Å². The quantitative estimate of drug-likeness (QED) is 0.198. The molecule has 310 valence electrons. The van der Waals surface area contributed by atoms with E-state index in [9.17, 15) is 32.7 Å². The van der Waals surface area contributed by atoms with Crippen LogP contribution in [0.5, 0.6) is 5.75 Å². The molecule has 3 aromatic heterocycles. The number of nitrogens with one attached hydrogen (secondary N) is 1. The third kappa shape index (κ3) is 7.39. The van der Waals surface area contributed by atoms with Gasteiger partial charge in [0.15, 0.2) is 23.1 Å². The molecule has 8 rings (SSSR count). The Kier molecular flexibility index (Phi) is 10.6. The van der Waals surface area contributed by atoms with Gasteiger partial charge in [-0.25, -0.2) is 14.4 Å². The van der Waals surface area contributed by atoms with Crippen molar-refractivity contribution in [2.45, 2.75) is 57.7 Å². The number of carbonyl (C=O) groups excluding carboxylic acids is 2. The molecule has 2 N–H and O–H groups in total. The third-order valence-corrected chi connectivity index (χ3v) is 11.6. The lowest BCUT2D eigenvalue weighted by molar-refractivity contribution is -0.137. The number of aromatic hydroxyl groups is 1. The number of hydrogen-bond donors (Lipinski definition) is 2. The lowest BCUT2D eigenvalue weighted by atomic mass is 9.85. The van der Waals surface area contributed by atoms with Crippen molar-refractivity contribution < 1.29 is 41.7 Å². The highest BCUT2D eigenvalue weighted by Gasteiger charge is 2.51. The fourth-order valence-corrected chi connectivity index (χ4v) is 8.32. The molecule has 0 bridgehead atoms. The van der Waals surface area contributed by atoms with Gasteiger partial charge in [-0.15, -0.1) is 5.10 Å². The van der Waals surface area contributed by atoms with E-state index in [4.69, 9.17) is 32.7 Å². The molecule has 1 spiro atoms. The Hall–Kier alpha value is -5.21. The molecule has 0 radical (unpaired) electrons. The number of hydrogen-bond acceptors (Lipinski definition) is 11. The number of rotatable bonds is 7. The summed E-state index contributed by atoms with van der Waals surface area (Å²) in [6, 6.07) is 5.60. The monoisotopic (exact) mass is 859 g/mol. The Morgan fingerprint density at radius 3 is 2.49 bits per heavy atom. The number of morpholine rings is 1. The number of carbonyl (C=O) groups is 2. The molecule has 2 saturated heterocycles. The van der Waals surface area contributed by atoms with E-state index >= 15 is 4.39 Å². The number of alkyl halides is 3. The molecule has 59 heavy (non-hydrogen) atoms. The van der Waals surface area contributed by atoms with Gasteiger partial charge in [-0.1, -0.05) is 29.3 Å². The summed E-state index contributed by atoms with van der Waals surface area (Å²) in [5.74, 6) is -2.81. The minimum Gasteiger partial charge on any atom is -0.504 e. The van der Waals surface area contributed by atoms with Crippen molar-refractivity contribution in [2.24, 2.45) is 0 Å². The SMILES string of the molecule is Cc1ncnc(C(=O)N2CCC3(CC2)OC(C)c2c3c(=O)n3nc(-c4ccc(CN5CCOCC5)c(Cl)c4F)nc3n2CC(=O)Nc2ccc(C(F)(F)F)cc2Cl)c1O. The molecule has 2 aromatic carbocycles. The molecule has 3 aliphatic rings. The molecule has 0 aliphatic carbocycles. The zero-order valence-electron chi connectivity index (χ0n) is 31.4. The summed E-state index contributed by atoms with van der Waals surface area (Å²) in [4.78, 5) is 57.8. The largest absolute Gasteiger partial charge is 0.504 e. The maximum Gasteiger partial charge on any atom is 0.416 e. The standard InChI is InChI=1S/C38H35Cl2F4N9O6/c1-19-32(55)30(46-18-45-19)35(57)51-9-7-37(8-10-51)27-31(20(2)59-37)52(17-26(54)47-25-6-4-22(15-24(25)39)38(42,43)44)36-48-33(49-53(36)34(27)56)23-5-3-21(28(40)29(23)41)16-50-11-13-58-14-12-50/h3-6,15,18,20,55H,7-14,16-17H2,1-2H3,(H,47,54). The van der Waals surface area contributed by atoms with E-state index in [1.807, 2.05) is 0 Å². The number of benzene rings is 2. The molecule has 2 fully saturated rings. The van der Waals surface area contributed by atoms with Crippen molar-refractivity contribution >= 4 is 46.5 Å². The average Bonchev–Trinajstić information content (AvgIpc) is 3.77. The number of ether oxygens (including phenoxy) is 2.